The fourth-order valence-corrected chi connectivity index (χ4v) is 3.64. The van der Waals surface area contributed by atoms with Crippen LogP contribution in [0.3, 0.4) is 0 Å². The largest absolute Gasteiger partial charge is 0.349 e. The van der Waals surface area contributed by atoms with Gasteiger partial charge in [0.25, 0.3) is 5.91 Å². The van der Waals surface area contributed by atoms with E-state index in [9.17, 15) is 4.79 Å². The summed E-state index contributed by atoms with van der Waals surface area (Å²) in [4.78, 5) is 12.4. The maximum Gasteiger partial charge on any atom is 0.251 e. The van der Waals surface area contributed by atoms with Gasteiger partial charge in [0.15, 0.2) is 0 Å². The molecule has 4 heteroatoms. The SMILES string of the molecule is Cl.NCC1CCCC1NC(=O)c1ccc2c(c1)CCCC2. The molecule has 1 saturated carbocycles. The molecule has 1 aromatic rings. The van der Waals surface area contributed by atoms with Crippen LogP contribution in [-0.2, 0) is 12.8 Å². The Labute approximate surface area is 133 Å². The number of hydrogen-bond donors (Lipinski definition) is 2. The Hall–Kier alpha value is -1.06. The van der Waals surface area contributed by atoms with Crippen LogP contribution in [0, 0.1) is 5.92 Å². The standard InChI is InChI=1S/C17H24N2O.ClH/c18-11-15-6-3-7-16(15)19-17(20)14-9-8-12-4-1-2-5-13(12)10-14;/h8-10,15-16H,1-7,11,18H2,(H,19,20);1H. The molecule has 2 unspecified atom stereocenters. The van der Waals surface area contributed by atoms with Crippen molar-refractivity contribution in [2.24, 2.45) is 11.7 Å². The van der Waals surface area contributed by atoms with Crippen molar-refractivity contribution >= 4 is 18.3 Å². The fourth-order valence-electron chi connectivity index (χ4n) is 3.64. The highest BCUT2D eigenvalue weighted by Gasteiger charge is 2.27. The summed E-state index contributed by atoms with van der Waals surface area (Å²) in [5.74, 6) is 0.528. The molecule has 0 bridgehead atoms. The molecule has 3 N–H and O–H groups in total. The second kappa shape index (κ2) is 7.28. The number of halogens is 1. The number of hydrogen-bond acceptors (Lipinski definition) is 2. The van der Waals surface area contributed by atoms with E-state index in [4.69, 9.17) is 5.73 Å². The van der Waals surface area contributed by atoms with Crippen molar-refractivity contribution in [3.8, 4) is 0 Å². The van der Waals surface area contributed by atoms with Gasteiger partial charge in [-0.15, -0.1) is 12.4 Å². The number of amides is 1. The minimum atomic E-state index is 0. The lowest BCUT2D eigenvalue weighted by Crippen LogP contribution is -2.39. The first-order chi connectivity index (χ1) is 9.78. The molecule has 0 spiro atoms. The van der Waals surface area contributed by atoms with Crippen molar-refractivity contribution in [2.75, 3.05) is 6.54 Å². The summed E-state index contributed by atoms with van der Waals surface area (Å²) >= 11 is 0. The van der Waals surface area contributed by atoms with E-state index in [0.29, 0.717) is 12.5 Å². The van der Waals surface area contributed by atoms with E-state index in [1.807, 2.05) is 6.07 Å². The summed E-state index contributed by atoms with van der Waals surface area (Å²) in [7, 11) is 0. The number of rotatable bonds is 3. The van der Waals surface area contributed by atoms with Gasteiger partial charge in [-0.1, -0.05) is 12.5 Å². The molecule has 0 saturated heterocycles. The Kier molecular flexibility index (Phi) is 5.65. The average Bonchev–Trinajstić information content (AvgIpc) is 2.94. The van der Waals surface area contributed by atoms with Gasteiger partial charge in [0.05, 0.1) is 0 Å². The summed E-state index contributed by atoms with van der Waals surface area (Å²) in [6.45, 7) is 0.676. The zero-order valence-electron chi connectivity index (χ0n) is 12.4. The molecule has 1 amide bonds. The van der Waals surface area contributed by atoms with Crippen molar-refractivity contribution in [1.29, 1.82) is 0 Å². The highest BCUT2D eigenvalue weighted by molar-refractivity contribution is 5.94. The first-order valence-corrected chi connectivity index (χ1v) is 7.90. The molecular weight excluding hydrogens is 284 g/mol. The van der Waals surface area contributed by atoms with E-state index in [1.165, 1.54) is 30.4 Å². The lowest BCUT2D eigenvalue weighted by molar-refractivity contribution is 0.0928. The van der Waals surface area contributed by atoms with Gasteiger partial charge >= 0.3 is 0 Å². The maximum absolute atomic E-state index is 12.4. The molecule has 1 aromatic carbocycles. The summed E-state index contributed by atoms with van der Waals surface area (Å²) in [6.07, 6.45) is 8.19. The molecule has 3 nitrogen and oxygen atoms in total. The van der Waals surface area contributed by atoms with E-state index < -0.39 is 0 Å². The van der Waals surface area contributed by atoms with Crippen LogP contribution in [0.15, 0.2) is 18.2 Å². The zero-order chi connectivity index (χ0) is 13.9. The van der Waals surface area contributed by atoms with Gasteiger partial charge in [0.2, 0.25) is 0 Å². The molecule has 3 rings (SSSR count). The molecule has 2 aliphatic carbocycles. The predicted molar refractivity (Wildman–Crippen MR) is 88.0 cm³/mol. The molecule has 1 fully saturated rings. The van der Waals surface area contributed by atoms with Crippen molar-refractivity contribution < 1.29 is 4.79 Å². The Bertz CT molecular complexity index is 504. The summed E-state index contributed by atoms with van der Waals surface area (Å²) in [6, 6.07) is 6.48. The lowest BCUT2D eigenvalue weighted by atomic mass is 9.90. The van der Waals surface area contributed by atoms with E-state index in [0.717, 1.165) is 31.2 Å². The van der Waals surface area contributed by atoms with Gasteiger partial charge in [-0.25, -0.2) is 0 Å². The van der Waals surface area contributed by atoms with Crippen molar-refractivity contribution in [3.05, 3.63) is 34.9 Å². The number of fused-ring (bicyclic) bond motifs is 1. The molecule has 2 atom stereocenters. The quantitative estimate of drug-likeness (QED) is 0.902. The average molecular weight is 309 g/mol. The first kappa shape index (κ1) is 16.3. The van der Waals surface area contributed by atoms with E-state index in [1.54, 1.807) is 0 Å². The molecule has 0 aliphatic heterocycles. The fraction of sp³-hybridized carbons (Fsp3) is 0.588. The van der Waals surface area contributed by atoms with E-state index >= 15 is 0 Å². The molecule has 2 aliphatic rings. The second-order valence-electron chi connectivity index (χ2n) is 6.20. The van der Waals surface area contributed by atoms with Gasteiger partial charge in [0, 0.05) is 11.6 Å². The Morgan fingerprint density at radius 1 is 1.14 bits per heavy atom. The smallest absolute Gasteiger partial charge is 0.251 e. The van der Waals surface area contributed by atoms with Crippen molar-refractivity contribution in [3.63, 3.8) is 0 Å². The number of carbonyl (C=O) groups is 1. The summed E-state index contributed by atoms with van der Waals surface area (Å²) in [5, 5.41) is 3.18. The van der Waals surface area contributed by atoms with Crippen LogP contribution in [0.1, 0.15) is 53.6 Å². The molecule has 0 heterocycles. The van der Waals surface area contributed by atoms with Crippen LogP contribution in [0.25, 0.3) is 0 Å². The van der Waals surface area contributed by atoms with Gasteiger partial charge in [-0.3, -0.25) is 4.79 Å². The van der Waals surface area contributed by atoms with Crippen molar-refractivity contribution in [1.82, 2.24) is 5.32 Å². The highest BCUT2D eigenvalue weighted by atomic mass is 35.5. The van der Waals surface area contributed by atoms with Crippen LogP contribution >= 0.6 is 12.4 Å². The second-order valence-corrected chi connectivity index (χ2v) is 6.20. The van der Waals surface area contributed by atoms with Crippen molar-refractivity contribution in [2.45, 2.75) is 51.0 Å². The third-order valence-electron chi connectivity index (χ3n) is 4.89. The van der Waals surface area contributed by atoms with Gasteiger partial charge < -0.3 is 11.1 Å². The maximum atomic E-state index is 12.4. The molecule has 21 heavy (non-hydrogen) atoms. The normalized spacial score (nSPS) is 24.0. The van der Waals surface area contributed by atoms with Crippen LogP contribution in [0.4, 0.5) is 0 Å². The summed E-state index contributed by atoms with van der Waals surface area (Å²) in [5.41, 5.74) is 9.38. The number of benzene rings is 1. The Morgan fingerprint density at radius 3 is 2.67 bits per heavy atom. The third kappa shape index (κ3) is 3.58. The predicted octanol–water partition coefficient (Wildman–Crippen LogP) is 2.84. The molecule has 0 radical (unpaired) electrons. The lowest BCUT2D eigenvalue weighted by Gasteiger charge is -2.21. The molecule has 0 aromatic heterocycles. The zero-order valence-corrected chi connectivity index (χ0v) is 13.3. The van der Waals surface area contributed by atoms with Crippen LogP contribution in [0.5, 0.6) is 0 Å². The van der Waals surface area contributed by atoms with Gasteiger partial charge in [0.1, 0.15) is 0 Å². The van der Waals surface area contributed by atoms with E-state index in [2.05, 4.69) is 17.4 Å². The number of nitrogens with one attached hydrogen (secondary N) is 1. The minimum Gasteiger partial charge on any atom is -0.349 e. The molecular formula is C17H25ClN2O. The number of nitrogens with two attached hydrogens (primary N) is 1. The third-order valence-corrected chi connectivity index (χ3v) is 4.89. The summed E-state index contributed by atoms with van der Waals surface area (Å²) < 4.78 is 0. The van der Waals surface area contributed by atoms with E-state index in [-0.39, 0.29) is 24.4 Å². The topological polar surface area (TPSA) is 55.1 Å². The monoisotopic (exact) mass is 308 g/mol. The van der Waals surface area contributed by atoms with Gasteiger partial charge in [-0.2, -0.15) is 0 Å². The van der Waals surface area contributed by atoms with Crippen LogP contribution in [0.2, 0.25) is 0 Å². The van der Waals surface area contributed by atoms with Gasteiger partial charge in [-0.05, 0) is 74.2 Å². The molecule has 116 valence electrons. The van der Waals surface area contributed by atoms with Crippen LogP contribution in [-0.4, -0.2) is 18.5 Å². The Balaban J connectivity index is 0.00000161. The number of carbonyl (C=O) groups excluding carboxylic acids is 1. The Morgan fingerprint density at radius 2 is 1.90 bits per heavy atom. The minimum absolute atomic E-state index is 0. The number of aryl methyl sites for hydroxylation is 2. The highest BCUT2D eigenvalue weighted by Crippen LogP contribution is 2.26. The first-order valence-electron chi connectivity index (χ1n) is 7.90. The van der Waals surface area contributed by atoms with Crippen LogP contribution < -0.4 is 11.1 Å².